The van der Waals surface area contributed by atoms with E-state index in [-0.39, 0.29) is 24.0 Å². The zero-order chi connectivity index (χ0) is 18.1. The van der Waals surface area contributed by atoms with E-state index in [2.05, 4.69) is 65.6 Å². The Morgan fingerprint density at radius 3 is 2.65 bits per heavy atom. The van der Waals surface area contributed by atoms with Crippen molar-refractivity contribution in [1.29, 1.82) is 0 Å². The molecule has 2 N–H and O–H groups in total. The smallest absolute Gasteiger partial charge is 0.191 e. The number of ether oxygens (including phenoxy) is 1. The molecule has 0 aliphatic rings. The summed E-state index contributed by atoms with van der Waals surface area (Å²) >= 11 is 0. The second-order valence-electron chi connectivity index (χ2n) is 5.94. The SMILES string of the molecule is CCNC(=NCc1ncccc1C)NCCc1ccc(C)c(OC)c1.I. The second kappa shape index (κ2) is 11.7. The molecule has 0 aliphatic carbocycles. The third kappa shape index (κ3) is 6.82. The number of methoxy groups -OCH3 is 1. The Hall–Kier alpha value is -1.83. The monoisotopic (exact) mass is 468 g/mol. The number of nitrogens with one attached hydrogen (secondary N) is 2. The van der Waals surface area contributed by atoms with Crippen molar-refractivity contribution in [1.82, 2.24) is 15.6 Å². The summed E-state index contributed by atoms with van der Waals surface area (Å²) in [5.74, 6) is 1.75. The van der Waals surface area contributed by atoms with E-state index < -0.39 is 0 Å². The zero-order valence-corrected chi connectivity index (χ0v) is 18.3. The second-order valence-corrected chi connectivity index (χ2v) is 5.94. The Morgan fingerprint density at radius 2 is 1.96 bits per heavy atom. The summed E-state index contributed by atoms with van der Waals surface area (Å²) < 4.78 is 5.39. The maximum atomic E-state index is 5.39. The standard InChI is InChI=1S/C20H28N4O.HI/c1-5-21-20(24-14-18-15(2)7-6-11-22-18)23-12-10-17-9-8-16(3)19(13-17)25-4;/h6-9,11,13H,5,10,12,14H2,1-4H3,(H2,21,23,24);1H. The van der Waals surface area contributed by atoms with Crippen molar-refractivity contribution >= 4 is 29.9 Å². The Morgan fingerprint density at radius 1 is 1.15 bits per heavy atom. The minimum Gasteiger partial charge on any atom is -0.496 e. The molecule has 0 saturated carbocycles. The van der Waals surface area contributed by atoms with Crippen molar-refractivity contribution in [2.24, 2.45) is 4.99 Å². The quantitative estimate of drug-likeness (QED) is 0.370. The molecule has 1 aromatic heterocycles. The van der Waals surface area contributed by atoms with Crippen LogP contribution in [0.1, 0.15) is 29.3 Å². The summed E-state index contributed by atoms with van der Waals surface area (Å²) in [5, 5.41) is 6.66. The molecule has 5 nitrogen and oxygen atoms in total. The maximum Gasteiger partial charge on any atom is 0.191 e. The third-order valence-corrected chi connectivity index (χ3v) is 4.03. The number of aryl methyl sites for hydroxylation is 2. The van der Waals surface area contributed by atoms with Crippen LogP contribution in [0.5, 0.6) is 5.75 Å². The molecule has 0 saturated heterocycles. The van der Waals surface area contributed by atoms with Gasteiger partial charge >= 0.3 is 0 Å². The lowest BCUT2D eigenvalue weighted by Gasteiger charge is -2.12. The highest BCUT2D eigenvalue weighted by Gasteiger charge is 2.03. The minimum absolute atomic E-state index is 0. The van der Waals surface area contributed by atoms with Gasteiger partial charge in [-0.3, -0.25) is 4.98 Å². The fourth-order valence-electron chi connectivity index (χ4n) is 2.52. The van der Waals surface area contributed by atoms with Crippen molar-refractivity contribution in [2.45, 2.75) is 33.7 Å². The molecule has 0 unspecified atom stereocenters. The molecule has 0 bridgehead atoms. The molecule has 1 heterocycles. The molecule has 0 spiro atoms. The van der Waals surface area contributed by atoms with E-state index >= 15 is 0 Å². The van der Waals surface area contributed by atoms with Crippen molar-refractivity contribution in [3.8, 4) is 5.75 Å². The van der Waals surface area contributed by atoms with Crippen LogP contribution in [-0.4, -0.2) is 31.1 Å². The molecule has 0 amide bonds. The van der Waals surface area contributed by atoms with Crippen LogP contribution in [0.15, 0.2) is 41.5 Å². The number of guanidine groups is 1. The van der Waals surface area contributed by atoms with Gasteiger partial charge in [0, 0.05) is 19.3 Å². The number of hydrogen-bond acceptors (Lipinski definition) is 3. The number of aromatic nitrogens is 1. The van der Waals surface area contributed by atoms with Crippen LogP contribution in [0.4, 0.5) is 0 Å². The predicted molar refractivity (Wildman–Crippen MR) is 119 cm³/mol. The van der Waals surface area contributed by atoms with Gasteiger partial charge in [0.2, 0.25) is 0 Å². The topological polar surface area (TPSA) is 58.5 Å². The highest BCUT2D eigenvalue weighted by Crippen LogP contribution is 2.18. The molecule has 2 aromatic rings. The van der Waals surface area contributed by atoms with E-state index in [9.17, 15) is 0 Å². The Labute approximate surface area is 173 Å². The largest absolute Gasteiger partial charge is 0.496 e. The van der Waals surface area contributed by atoms with Crippen LogP contribution in [-0.2, 0) is 13.0 Å². The molecule has 6 heteroatoms. The van der Waals surface area contributed by atoms with Gasteiger partial charge in [0.05, 0.1) is 19.3 Å². The van der Waals surface area contributed by atoms with Gasteiger partial charge < -0.3 is 15.4 Å². The van der Waals surface area contributed by atoms with Crippen molar-refractivity contribution in [2.75, 3.05) is 20.2 Å². The minimum atomic E-state index is 0. The van der Waals surface area contributed by atoms with E-state index in [1.165, 1.54) is 5.56 Å². The number of nitrogens with zero attached hydrogens (tertiary/aromatic N) is 2. The van der Waals surface area contributed by atoms with Crippen LogP contribution in [0, 0.1) is 13.8 Å². The Kier molecular flexibility index (Phi) is 10.0. The summed E-state index contributed by atoms with van der Waals surface area (Å²) in [5.41, 5.74) is 4.56. The zero-order valence-electron chi connectivity index (χ0n) is 16.0. The van der Waals surface area contributed by atoms with E-state index in [1.807, 2.05) is 12.3 Å². The summed E-state index contributed by atoms with van der Waals surface area (Å²) in [7, 11) is 1.71. The lowest BCUT2D eigenvalue weighted by atomic mass is 10.1. The van der Waals surface area contributed by atoms with E-state index in [4.69, 9.17) is 4.74 Å². The van der Waals surface area contributed by atoms with Gasteiger partial charge in [-0.2, -0.15) is 0 Å². The Balaban J connectivity index is 0.00000338. The third-order valence-electron chi connectivity index (χ3n) is 4.03. The fourth-order valence-corrected chi connectivity index (χ4v) is 2.52. The van der Waals surface area contributed by atoms with Gasteiger partial charge in [-0.05, 0) is 56.0 Å². The summed E-state index contributed by atoms with van der Waals surface area (Å²) in [6.07, 6.45) is 2.71. The average Bonchev–Trinajstić information content (AvgIpc) is 2.62. The van der Waals surface area contributed by atoms with Crippen LogP contribution in [0.25, 0.3) is 0 Å². The molecule has 0 radical (unpaired) electrons. The molecular weight excluding hydrogens is 439 g/mol. The van der Waals surface area contributed by atoms with Gasteiger partial charge in [-0.25, -0.2) is 4.99 Å². The first-order valence-electron chi connectivity index (χ1n) is 8.70. The molecular formula is C20H29IN4O. The molecule has 142 valence electrons. The first-order chi connectivity index (χ1) is 12.1. The van der Waals surface area contributed by atoms with Crippen molar-refractivity contribution < 1.29 is 4.74 Å². The van der Waals surface area contributed by atoms with Gasteiger partial charge in [0.25, 0.3) is 0 Å². The lowest BCUT2D eigenvalue weighted by Crippen LogP contribution is -2.38. The average molecular weight is 468 g/mol. The molecule has 26 heavy (non-hydrogen) atoms. The highest BCUT2D eigenvalue weighted by atomic mass is 127. The summed E-state index contributed by atoms with van der Waals surface area (Å²) in [6, 6.07) is 10.3. The Bertz CT molecular complexity index is 719. The van der Waals surface area contributed by atoms with Crippen LogP contribution >= 0.6 is 24.0 Å². The fraction of sp³-hybridized carbons (Fsp3) is 0.400. The first kappa shape index (κ1) is 22.2. The maximum absolute atomic E-state index is 5.39. The van der Waals surface area contributed by atoms with Crippen LogP contribution in [0.3, 0.4) is 0 Å². The van der Waals surface area contributed by atoms with Gasteiger partial charge in [-0.15, -0.1) is 24.0 Å². The van der Waals surface area contributed by atoms with E-state index in [1.54, 1.807) is 7.11 Å². The number of hydrogen-bond donors (Lipinski definition) is 2. The molecule has 0 atom stereocenters. The lowest BCUT2D eigenvalue weighted by molar-refractivity contribution is 0.411. The van der Waals surface area contributed by atoms with E-state index in [0.29, 0.717) is 6.54 Å². The van der Waals surface area contributed by atoms with E-state index in [0.717, 1.165) is 48.0 Å². The predicted octanol–water partition coefficient (Wildman–Crippen LogP) is 3.62. The van der Waals surface area contributed by atoms with Gasteiger partial charge in [0.1, 0.15) is 5.75 Å². The number of benzene rings is 1. The number of pyridine rings is 1. The van der Waals surface area contributed by atoms with Crippen molar-refractivity contribution in [3.05, 3.63) is 58.9 Å². The normalized spacial score (nSPS) is 10.8. The molecule has 0 aliphatic heterocycles. The van der Waals surface area contributed by atoms with Crippen molar-refractivity contribution in [3.63, 3.8) is 0 Å². The molecule has 0 fully saturated rings. The highest BCUT2D eigenvalue weighted by molar-refractivity contribution is 14.0. The molecule has 1 aromatic carbocycles. The number of aliphatic imine (C=N–C) groups is 1. The number of rotatable bonds is 7. The summed E-state index contributed by atoms with van der Waals surface area (Å²) in [4.78, 5) is 9.02. The van der Waals surface area contributed by atoms with Crippen LogP contribution < -0.4 is 15.4 Å². The van der Waals surface area contributed by atoms with Crippen LogP contribution in [0.2, 0.25) is 0 Å². The van der Waals surface area contributed by atoms with Gasteiger partial charge in [0.15, 0.2) is 5.96 Å². The summed E-state index contributed by atoms with van der Waals surface area (Å²) in [6.45, 7) is 8.37. The first-order valence-corrected chi connectivity index (χ1v) is 8.70. The van der Waals surface area contributed by atoms with Gasteiger partial charge in [-0.1, -0.05) is 18.2 Å². The number of halogens is 1. The molecule has 2 rings (SSSR count).